The van der Waals surface area contributed by atoms with Gasteiger partial charge < -0.3 is 9.47 Å². The third-order valence-corrected chi connectivity index (χ3v) is 4.43. The van der Waals surface area contributed by atoms with Gasteiger partial charge in [0.1, 0.15) is 6.10 Å². The van der Waals surface area contributed by atoms with Crippen molar-refractivity contribution in [3.8, 4) is 16.9 Å². The Balaban J connectivity index is 1.91. The van der Waals surface area contributed by atoms with Gasteiger partial charge in [0.15, 0.2) is 11.6 Å². The number of esters is 2. The number of ether oxygens (including phenoxy) is 2. The summed E-state index contributed by atoms with van der Waals surface area (Å²) in [5, 5.41) is 0. The average Bonchev–Trinajstić information content (AvgIpc) is 3.06. The molecule has 0 aliphatic heterocycles. The van der Waals surface area contributed by atoms with E-state index in [9.17, 15) is 14.0 Å². The molecular weight excluding hydrogens is 347 g/mol. The molecule has 1 atom stereocenters. The standard InChI is InChI=1S/C22H19FO4/c1-4-21(24)26-19-11-9-16-15(6-5-7-17(16)19)14-8-10-20(18(23)12-14)27-22(25)13(2)3/h4-8,10,12,19H,1-2,9,11H2,3H3. The lowest BCUT2D eigenvalue weighted by molar-refractivity contribution is -0.143. The van der Waals surface area contributed by atoms with Gasteiger partial charge in [0, 0.05) is 11.6 Å². The lowest BCUT2D eigenvalue weighted by Gasteiger charge is -2.14. The molecule has 1 unspecified atom stereocenters. The highest BCUT2D eigenvalue weighted by Gasteiger charge is 2.27. The van der Waals surface area contributed by atoms with Crippen molar-refractivity contribution >= 4 is 11.9 Å². The summed E-state index contributed by atoms with van der Waals surface area (Å²) in [7, 11) is 0. The molecule has 0 amide bonds. The predicted octanol–water partition coefficient (Wildman–Crippen LogP) is 4.69. The summed E-state index contributed by atoms with van der Waals surface area (Å²) in [5.74, 6) is -1.91. The van der Waals surface area contributed by atoms with Crippen molar-refractivity contribution in [3.05, 3.63) is 78.1 Å². The fourth-order valence-electron chi connectivity index (χ4n) is 3.14. The van der Waals surface area contributed by atoms with Crippen molar-refractivity contribution in [1.29, 1.82) is 0 Å². The maximum Gasteiger partial charge on any atom is 0.338 e. The van der Waals surface area contributed by atoms with Crippen LogP contribution < -0.4 is 4.74 Å². The largest absolute Gasteiger partial charge is 0.454 e. The van der Waals surface area contributed by atoms with Crippen molar-refractivity contribution in [1.82, 2.24) is 0 Å². The third kappa shape index (κ3) is 3.82. The summed E-state index contributed by atoms with van der Waals surface area (Å²) < 4.78 is 24.8. The molecule has 4 nitrogen and oxygen atoms in total. The molecule has 0 radical (unpaired) electrons. The fourth-order valence-corrected chi connectivity index (χ4v) is 3.14. The van der Waals surface area contributed by atoms with E-state index in [1.165, 1.54) is 19.1 Å². The number of carbonyl (C=O) groups is 2. The summed E-state index contributed by atoms with van der Waals surface area (Å²) in [6, 6.07) is 10.1. The van der Waals surface area contributed by atoms with E-state index in [-0.39, 0.29) is 17.4 Å². The van der Waals surface area contributed by atoms with E-state index < -0.39 is 17.8 Å². The van der Waals surface area contributed by atoms with Crippen LogP contribution in [0.1, 0.15) is 30.6 Å². The molecule has 0 fully saturated rings. The summed E-state index contributed by atoms with van der Waals surface area (Å²) in [4.78, 5) is 23.1. The topological polar surface area (TPSA) is 52.6 Å². The van der Waals surface area contributed by atoms with Gasteiger partial charge in [0.25, 0.3) is 0 Å². The molecule has 5 heteroatoms. The summed E-state index contributed by atoms with van der Waals surface area (Å²) in [6.45, 7) is 8.39. The highest BCUT2D eigenvalue weighted by molar-refractivity contribution is 5.89. The molecule has 138 valence electrons. The molecular formula is C22H19FO4. The summed E-state index contributed by atoms with van der Waals surface area (Å²) in [6.07, 6.45) is 2.20. The maximum absolute atomic E-state index is 14.4. The van der Waals surface area contributed by atoms with E-state index in [0.717, 1.165) is 22.8 Å². The molecule has 0 spiro atoms. The lowest BCUT2D eigenvalue weighted by atomic mass is 9.96. The molecule has 2 aromatic carbocycles. The van der Waals surface area contributed by atoms with Gasteiger partial charge >= 0.3 is 11.9 Å². The molecule has 0 saturated heterocycles. The Morgan fingerprint density at radius 3 is 2.70 bits per heavy atom. The lowest BCUT2D eigenvalue weighted by Crippen LogP contribution is -2.09. The number of hydrogen-bond donors (Lipinski definition) is 0. The van der Waals surface area contributed by atoms with E-state index in [4.69, 9.17) is 9.47 Å². The van der Waals surface area contributed by atoms with Gasteiger partial charge in [-0.2, -0.15) is 0 Å². The van der Waals surface area contributed by atoms with Crippen molar-refractivity contribution < 1.29 is 23.5 Å². The number of benzene rings is 2. The second-order valence-electron chi connectivity index (χ2n) is 6.36. The first kappa shape index (κ1) is 18.6. The Kier molecular flexibility index (Phi) is 5.21. The van der Waals surface area contributed by atoms with Gasteiger partial charge in [0.05, 0.1) is 0 Å². The molecule has 1 aliphatic rings. The molecule has 1 aliphatic carbocycles. The van der Waals surface area contributed by atoms with Crippen LogP contribution in [-0.4, -0.2) is 11.9 Å². The fraction of sp³-hybridized carbons (Fsp3) is 0.182. The van der Waals surface area contributed by atoms with E-state index >= 15 is 0 Å². The Morgan fingerprint density at radius 2 is 2.04 bits per heavy atom. The first-order valence-corrected chi connectivity index (χ1v) is 8.53. The normalized spacial score (nSPS) is 15.0. The minimum absolute atomic E-state index is 0.142. The second kappa shape index (κ2) is 7.58. The third-order valence-electron chi connectivity index (χ3n) is 4.43. The number of hydrogen-bond acceptors (Lipinski definition) is 4. The van der Waals surface area contributed by atoms with Crippen LogP contribution >= 0.6 is 0 Å². The molecule has 0 aromatic heterocycles. The smallest absolute Gasteiger partial charge is 0.338 e. The average molecular weight is 366 g/mol. The highest BCUT2D eigenvalue weighted by atomic mass is 19.1. The molecule has 0 bridgehead atoms. The van der Waals surface area contributed by atoms with Crippen molar-refractivity contribution in [2.45, 2.75) is 25.9 Å². The Hall–Kier alpha value is -3.21. The number of rotatable bonds is 5. The predicted molar refractivity (Wildman–Crippen MR) is 99.6 cm³/mol. The first-order valence-electron chi connectivity index (χ1n) is 8.53. The van der Waals surface area contributed by atoms with Crippen LogP contribution in [0.25, 0.3) is 11.1 Å². The van der Waals surface area contributed by atoms with Crippen molar-refractivity contribution in [2.24, 2.45) is 0 Å². The van der Waals surface area contributed by atoms with Crippen LogP contribution in [0.15, 0.2) is 61.2 Å². The Labute approximate surface area is 156 Å². The van der Waals surface area contributed by atoms with Crippen LogP contribution in [0.4, 0.5) is 4.39 Å². The minimum atomic E-state index is -0.672. The minimum Gasteiger partial charge on any atom is -0.454 e. The van der Waals surface area contributed by atoms with E-state index in [0.29, 0.717) is 18.4 Å². The molecule has 27 heavy (non-hydrogen) atoms. The van der Waals surface area contributed by atoms with Crippen LogP contribution in [0, 0.1) is 5.82 Å². The zero-order chi connectivity index (χ0) is 19.6. The molecule has 0 saturated carbocycles. The Bertz CT molecular complexity index is 945. The van der Waals surface area contributed by atoms with E-state index in [1.54, 1.807) is 6.07 Å². The number of fused-ring (bicyclic) bond motifs is 1. The first-order chi connectivity index (χ1) is 12.9. The van der Waals surface area contributed by atoms with Gasteiger partial charge in [-0.15, -0.1) is 0 Å². The highest BCUT2D eigenvalue weighted by Crippen LogP contribution is 2.40. The van der Waals surface area contributed by atoms with Crippen molar-refractivity contribution in [2.75, 3.05) is 0 Å². The van der Waals surface area contributed by atoms with Gasteiger partial charge in [0.2, 0.25) is 0 Å². The van der Waals surface area contributed by atoms with Crippen LogP contribution in [0.5, 0.6) is 5.75 Å². The monoisotopic (exact) mass is 366 g/mol. The van der Waals surface area contributed by atoms with Gasteiger partial charge in [-0.25, -0.2) is 14.0 Å². The van der Waals surface area contributed by atoms with E-state index in [2.05, 4.69) is 13.2 Å². The molecule has 0 N–H and O–H groups in total. The summed E-state index contributed by atoms with van der Waals surface area (Å²) in [5.41, 5.74) is 3.65. The Morgan fingerprint density at radius 1 is 1.26 bits per heavy atom. The van der Waals surface area contributed by atoms with Crippen LogP contribution in [-0.2, 0) is 20.7 Å². The van der Waals surface area contributed by atoms with Gasteiger partial charge in [-0.3, -0.25) is 0 Å². The number of carbonyl (C=O) groups excluding carboxylic acids is 2. The van der Waals surface area contributed by atoms with Crippen LogP contribution in [0.3, 0.4) is 0 Å². The second-order valence-corrected chi connectivity index (χ2v) is 6.36. The summed E-state index contributed by atoms with van der Waals surface area (Å²) >= 11 is 0. The van der Waals surface area contributed by atoms with Crippen molar-refractivity contribution in [3.63, 3.8) is 0 Å². The molecule has 2 aromatic rings. The molecule has 3 rings (SSSR count). The maximum atomic E-state index is 14.4. The van der Waals surface area contributed by atoms with Gasteiger partial charge in [-0.05, 0) is 54.2 Å². The SMILES string of the molecule is C=CC(=O)OC1CCc2c(-c3ccc(OC(=O)C(=C)C)c(F)c3)cccc21. The van der Waals surface area contributed by atoms with Gasteiger partial charge in [-0.1, -0.05) is 37.4 Å². The van der Waals surface area contributed by atoms with Crippen LogP contribution in [0.2, 0.25) is 0 Å². The molecule has 0 heterocycles. The zero-order valence-corrected chi connectivity index (χ0v) is 15.0. The quantitative estimate of drug-likeness (QED) is 0.438. The zero-order valence-electron chi connectivity index (χ0n) is 15.0. The number of halogens is 1. The van der Waals surface area contributed by atoms with E-state index in [1.807, 2.05) is 18.2 Å².